The number of carbonyl (C=O) groups excluding carboxylic acids is 1. The number of nitrogens with one attached hydrogen (secondary N) is 1. The van der Waals surface area contributed by atoms with Gasteiger partial charge in [-0.1, -0.05) is 12.1 Å². The molecule has 2 heterocycles. The van der Waals surface area contributed by atoms with Gasteiger partial charge in [0.05, 0.1) is 0 Å². The molecule has 94 valence electrons. The summed E-state index contributed by atoms with van der Waals surface area (Å²) in [6, 6.07) is 8.60. The van der Waals surface area contributed by atoms with Gasteiger partial charge in [-0.25, -0.2) is 0 Å². The Morgan fingerprint density at radius 2 is 2.22 bits per heavy atom. The highest BCUT2D eigenvalue weighted by Crippen LogP contribution is 2.60. The van der Waals surface area contributed by atoms with Gasteiger partial charge in [0, 0.05) is 17.1 Å². The molecule has 3 N–H and O–H groups in total. The lowest BCUT2D eigenvalue weighted by molar-refractivity contribution is 0.1000. The van der Waals surface area contributed by atoms with Crippen molar-refractivity contribution in [3.63, 3.8) is 0 Å². The molecule has 2 aliphatic heterocycles. The summed E-state index contributed by atoms with van der Waals surface area (Å²) in [6.07, 6.45) is 5.15. The van der Waals surface area contributed by atoms with Crippen LogP contribution < -0.4 is 11.1 Å². The summed E-state index contributed by atoms with van der Waals surface area (Å²) in [6.45, 7) is 0. The molecular weight excluding hydrogens is 224 g/mol. The SMILES string of the molecule is NC(=O)c1cccc([C@H]2C[C@H]3C[C@@H]4CC4(C2)N3)c1. The number of benzene rings is 1. The number of carbonyl (C=O) groups is 1. The van der Waals surface area contributed by atoms with Gasteiger partial charge in [0.15, 0.2) is 0 Å². The Hall–Kier alpha value is -1.35. The van der Waals surface area contributed by atoms with E-state index in [4.69, 9.17) is 5.73 Å². The van der Waals surface area contributed by atoms with Crippen LogP contribution in [0.4, 0.5) is 0 Å². The smallest absolute Gasteiger partial charge is 0.248 e. The van der Waals surface area contributed by atoms with Crippen molar-refractivity contribution >= 4 is 5.91 Å². The average Bonchev–Trinajstić information content (AvgIpc) is 2.92. The lowest BCUT2D eigenvalue weighted by Crippen LogP contribution is -2.42. The van der Waals surface area contributed by atoms with Crippen molar-refractivity contribution in [2.24, 2.45) is 11.7 Å². The summed E-state index contributed by atoms with van der Waals surface area (Å²) >= 11 is 0. The van der Waals surface area contributed by atoms with Gasteiger partial charge in [-0.05, 0) is 55.2 Å². The molecule has 4 atom stereocenters. The normalized spacial score (nSPS) is 40.3. The Kier molecular flexibility index (Phi) is 1.97. The molecule has 1 aromatic rings. The maximum Gasteiger partial charge on any atom is 0.248 e. The number of amides is 1. The highest BCUT2D eigenvalue weighted by Gasteiger charge is 2.62. The number of nitrogens with two attached hydrogens (primary N) is 1. The highest BCUT2D eigenvalue weighted by atomic mass is 16.1. The minimum Gasteiger partial charge on any atom is -0.366 e. The minimum absolute atomic E-state index is 0.323. The number of rotatable bonds is 2. The second-order valence-corrected chi connectivity index (χ2v) is 6.26. The van der Waals surface area contributed by atoms with E-state index >= 15 is 0 Å². The summed E-state index contributed by atoms with van der Waals surface area (Å²) < 4.78 is 0. The van der Waals surface area contributed by atoms with Gasteiger partial charge in [-0.3, -0.25) is 4.79 Å². The Morgan fingerprint density at radius 1 is 1.33 bits per heavy atom. The molecule has 1 spiro atoms. The van der Waals surface area contributed by atoms with Crippen LogP contribution in [0.15, 0.2) is 24.3 Å². The molecule has 4 rings (SSSR count). The van der Waals surface area contributed by atoms with Gasteiger partial charge in [0.1, 0.15) is 0 Å². The highest BCUT2D eigenvalue weighted by molar-refractivity contribution is 5.92. The lowest BCUT2D eigenvalue weighted by Gasteiger charge is -2.33. The second kappa shape index (κ2) is 3.35. The average molecular weight is 242 g/mol. The van der Waals surface area contributed by atoms with Gasteiger partial charge >= 0.3 is 0 Å². The standard InChI is InChI=1S/C15H18N2O/c16-14(18)10-3-1-2-9(4-10)11-5-13-6-12-8-15(12,7-11)17-13/h1-4,11-13,17H,5-8H2,(H2,16,18)/t11-,12+,13-,15?/m0/s1. The van der Waals surface area contributed by atoms with E-state index in [9.17, 15) is 4.79 Å². The predicted octanol–water partition coefficient (Wildman–Crippen LogP) is 1.78. The van der Waals surface area contributed by atoms with Crippen LogP contribution >= 0.6 is 0 Å². The molecule has 1 aliphatic carbocycles. The fourth-order valence-electron chi connectivity index (χ4n) is 4.21. The van der Waals surface area contributed by atoms with E-state index in [-0.39, 0.29) is 5.91 Å². The van der Waals surface area contributed by atoms with Gasteiger partial charge in [-0.2, -0.15) is 0 Å². The topological polar surface area (TPSA) is 55.1 Å². The Bertz CT molecular complexity index is 527. The van der Waals surface area contributed by atoms with Crippen LogP contribution in [-0.4, -0.2) is 17.5 Å². The summed E-state index contributed by atoms with van der Waals surface area (Å²) in [4.78, 5) is 11.3. The van der Waals surface area contributed by atoms with Crippen LogP contribution in [0.3, 0.4) is 0 Å². The maximum atomic E-state index is 11.3. The molecule has 0 aromatic heterocycles. The van der Waals surface area contributed by atoms with Gasteiger partial charge in [0.25, 0.3) is 0 Å². The maximum absolute atomic E-state index is 11.3. The summed E-state index contributed by atoms with van der Waals surface area (Å²) in [5.74, 6) is 1.20. The van der Waals surface area contributed by atoms with Gasteiger partial charge in [-0.15, -0.1) is 0 Å². The first-order chi connectivity index (χ1) is 8.66. The number of piperidine rings is 2. The monoisotopic (exact) mass is 242 g/mol. The molecule has 3 fully saturated rings. The summed E-state index contributed by atoms with van der Waals surface area (Å²) in [7, 11) is 0. The fraction of sp³-hybridized carbons (Fsp3) is 0.533. The molecule has 18 heavy (non-hydrogen) atoms. The van der Waals surface area contributed by atoms with E-state index < -0.39 is 0 Å². The van der Waals surface area contributed by atoms with Crippen LogP contribution in [0.5, 0.6) is 0 Å². The van der Waals surface area contributed by atoms with Crippen LogP contribution in [0, 0.1) is 5.92 Å². The van der Waals surface area contributed by atoms with E-state index in [1.54, 1.807) is 6.07 Å². The number of fused-ring (bicyclic) bond motifs is 1. The van der Waals surface area contributed by atoms with Crippen LogP contribution in [0.1, 0.15) is 47.5 Å². The van der Waals surface area contributed by atoms with Gasteiger partial charge in [0.2, 0.25) is 5.91 Å². The molecule has 1 amide bonds. The molecule has 3 heteroatoms. The van der Waals surface area contributed by atoms with Crippen molar-refractivity contribution in [1.29, 1.82) is 0 Å². The predicted molar refractivity (Wildman–Crippen MR) is 69.3 cm³/mol. The zero-order valence-electron chi connectivity index (χ0n) is 10.4. The number of hydrogen-bond acceptors (Lipinski definition) is 2. The molecule has 0 radical (unpaired) electrons. The van der Waals surface area contributed by atoms with Crippen LogP contribution in [0.2, 0.25) is 0 Å². The third-order valence-corrected chi connectivity index (χ3v) is 5.11. The summed E-state index contributed by atoms with van der Waals surface area (Å²) in [5.41, 5.74) is 7.75. The molecule has 2 saturated heterocycles. The van der Waals surface area contributed by atoms with E-state index in [2.05, 4.69) is 11.4 Å². The summed E-state index contributed by atoms with van der Waals surface area (Å²) in [5, 5.41) is 3.79. The van der Waals surface area contributed by atoms with Crippen molar-refractivity contribution in [3.05, 3.63) is 35.4 Å². The number of primary amides is 1. The fourth-order valence-corrected chi connectivity index (χ4v) is 4.21. The van der Waals surface area contributed by atoms with Crippen LogP contribution in [-0.2, 0) is 0 Å². The second-order valence-electron chi connectivity index (χ2n) is 6.26. The van der Waals surface area contributed by atoms with Crippen molar-refractivity contribution in [1.82, 2.24) is 5.32 Å². The first-order valence-electron chi connectivity index (χ1n) is 6.84. The van der Waals surface area contributed by atoms with Crippen molar-refractivity contribution < 1.29 is 4.79 Å². The zero-order valence-corrected chi connectivity index (χ0v) is 10.4. The molecule has 1 unspecified atom stereocenters. The Balaban J connectivity index is 1.64. The van der Waals surface area contributed by atoms with Crippen LogP contribution in [0.25, 0.3) is 0 Å². The Morgan fingerprint density at radius 3 is 3.00 bits per heavy atom. The molecule has 3 nitrogen and oxygen atoms in total. The van der Waals surface area contributed by atoms with Gasteiger partial charge < -0.3 is 11.1 Å². The van der Waals surface area contributed by atoms with E-state index in [0.717, 1.165) is 5.92 Å². The quantitative estimate of drug-likeness (QED) is 0.830. The largest absolute Gasteiger partial charge is 0.366 e. The van der Waals surface area contributed by atoms with E-state index in [1.165, 1.54) is 31.2 Å². The third kappa shape index (κ3) is 1.43. The molecule has 1 aromatic carbocycles. The van der Waals surface area contributed by atoms with E-state index in [1.807, 2.05) is 12.1 Å². The number of hydrogen-bond donors (Lipinski definition) is 2. The first kappa shape index (κ1) is 10.6. The lowest BCUT2D eigenvalue weighted by atomic mass is 9.83. The zero-order chi connectivity index (χ0) is 12.3. The van der Waals surface area contributed by atoms with Crippen molar-refractivity contribution in [3.8, 4) is 0 Å². The molecule has 2 bridgehead atoms. The van der Waals surface area contributed by atoms with Crippen molar-refractivity contribution in [2.45, 2.75) is 43.2 Å². The molecular formula is C15H18N2O. The van der Waals surface area contributed by atoms with Crippen molar-refractivity contribution in [2.75, 3.05) is 0 Å². The molecule has 3 aliphatic rings. The Labute approximate surface area is 107 Å². The minimum atomic E-state index is -0.323. The first-order valence-corrected chi connectivity index (χ1v) is 6.84. The molecule has 1 saturated carbocycles. The third-order valence-electron chi connectivity index (χ3n) is 5.11. The van der Waals surface area contributed by atoms with E-state index in [0.29, 0.717) is 23.1 Å².